The van der Waals surface area contributed by atoms with Gasteiger partial charge in [0.25, 0.3) is 5.91 Å². The normalized spacial score (nSPS) is 16.8. The van der Waals surface area contributed by atoms with Crippen molar-refractivity contribution >= 4 is 34.8 Å². The maximum Gasteiger partial charge on any atom is 0.471 e. The molecule has 1 fully saturated rings. The number of hydrogen-bond acceptors (Lipinski definition) is 4. The third-order valence-corrected chi connectivity index (χ3v) is 6.28. The molecule has 0 aliphatic carbocycles. The number of halogens is 9. The van der Waals surface area contributed by atoms with Crippen molar-refractivity contribution in [2.75, 3.05) is 36.4 Å². The van der Waals surface area contributed by atoms with Gasteiger partial charge in [-0.15, -0.1) is 0 Å². The SMILES string of the molecule is C[C@@H]1CN(CCC(F)(F)F)CCN1c1cc(Cl)ccc1NC(=O)c1ccc(CNC(=O)C(F)(F)F)c(F)c1F. The minimum atomic E-state index is -5.21. The molecule has 1 aliphatic rings. The molecular formula is C24H23ClF8N4O2. The van der Waals surface area contributed by atoms with Crippen LogP contribution in [0, 0.1) is 11.6 Å². The zero-order chi connectivity index (χ0) is 29.1. The summed E-state index contributed by atoms with van der Waals surface area (Å²) < 4.78 is 104. The van der Waals surface area contributed by atoms with Crippen molar-refractivity contribution in [3.63, 3.8) is 0 Å². The summed E-state index contributed by atoms with van der Waals surface area (Å²) in [4.78, 5) is 27.2. The molecule has 6 nitrogen and oxygen atoms in total. The fraction of sp³-hybridized carbons (Fsp3) is 0.417. The number of carbonyl (C=O) groups is 2. The summed E-state index contributed by atoms with van der Waals surface area (Å²) in [6, 6.07) is 5.82. The third-order valence-electron chi connectivity index (χ3n) is 6.04. The molecular weight excluding hydrogens is 564 g/mol. The lowest BCUT2D eigenvalue weighted by molar-refractivity contribution is -0.173. The van der Waals surface area contributed by atoms with Gasteiger partial charge in [-0.1, -0.05) is 17.7 Å². The molecule has 0 unspecified atom stereocenters. The van der Waals surface area contributed by atoms with Gasteiger partial charge in [0.15, 0.2) is 11.6 Å². The lowest BCUT2D eigenvalue weighted by atomic mass is 10.1. The van der Waals surface area contributed by atoms with Crippen LogP contribution < -0.4 is 15.5 Å². The zero-order valence-electron chi connectivity index (χ0n) is 20.3. The Balaban J connectivity index is 1.75. The van der Waals surface area contributed by atoms with Crippen molar-refractivity contribution in [3.05, 3.63) is 58.1 Å². The van der Waals surface area contributed by atoms with Gasteiger partial charge in [-0.25, -0.2) is 8.78 Å². The van der Waals surface area contributed by atoms with Crippen molar-refractivity contribution in [2.45, 2.75) is 38.3 Å². The highest BCUT2D eigenvalue weighted by Gasteiger charge is 2.38. The van der Waals surface area contributed by atoms with E-state index in [1.54, 1.807) is 11.8 Å². The molecule has 2 N–H and O–H groups in total. The summed E-state index contributed by atoms with van der Waals surface area (Å²) in [5, 5.41) is 4.17. The largest absolute Gasteiger partial charge is 0.471 e. The van der Waals surface area contributed by atoms with Crippen molar-refractivity contribution in [1.82, 2.24) is 10.2 Å². The molecule has 15 heteroatoms. The van der Waals surface area contributed by atoms with Crippen LogP contribution in [0.4, 0.5) is 46.5 Å². The van der Waals surface area contributed by atoms with Crippen LogP contribution in [0.1, 0.15) is 29.3 Å². The van der Waals surface area contributed by atoms with Gasteiger partial charge in [0.05, 0.1) is 23.4 Å². The number of nitrogens with zero attached hydrogens (tertiary/aromatic N) is 2. The summed E-state index contributed by atoms with van der Waals surface area (Å²) in [6.45, 7) is 1.54. The molecule has 1 heterocycles. The predicted octanol–water partition coefficient (Wildman–Crippen LogP) is 5.51. The molecule has 0 radical (unpaired) electrons. The second-order valence-electron chi connectivity index (χ2n) is 8.90. The monoisotopic (exact) mass is 586 g/mol. The highest BCUT2D eigenvalue weighted by Crippen LogP contribution is 2.33. The van der Waals surface area contributed by atoms with E-state index in [4.69, 9.17) is 11.6 Å². The Bertz CT molecular complexity index is 1220. The van der Waals surface area contributed by atoms with Crippen LogP contribution in [0.15, 0.2) is 30.3 Å². The first-order valence-electron chi connectivity index (χ1n) is 11.6. The number of hydrogen-bond donors (Lipinski definition) is 2. The van der Waals surface area contributed by atoms with Gasteiger partial charge < -0.3 is 15.5 Å². The van der Waals surface area contributed by atoms with Gasteiger partial charge in [-0.2, -0.15) is 26.3 Å². The van der Waals surface area contributed by atoms with Gasteiger partial charge >= 0.3 is 18.3 Å². The molecule has 1 atom stereocenters. The Labute approximate surface area is 222 Å². The molecule has 0 bridgehead atoms. The average molecular weight is 587 g/mol. The van der Waals surface area contributed by atoms with Gasteiger partial charge in [0.1, 0.15) is 0 Å². The Kier molecular flexibility index (Phi) is 9.31. The van der Waals surface area contributed by atoms with Gasteiger partial charge in [0.2, 0.25) is 0 Å². The Hall–Kier alpha value is -3.13. The highest BCUT2D eigenvalue weighted by atomic mass is 35.5. The van der Waals surface area contributed by atoms with Gasteiger partial charge in [0, 0.05) is 49.4 Å². The molecule has 0 saturated carbocycles. The van der Waals surface area contributed by atoms with Gasteiger partial charge in [-0.3, -0.25) is 14.5 Å². The molecule has 1 saturated heterocycles. The number of benzene rings is 2. The quantitative estimate of drug-likeness (QED) is 0.420. The molecule has 39 heavy (non-hydrogen) atoms. The lowest BCUT2D eigenvalue weighted by Gasteiger charge is -2.42. The highest BCUT2D eigenvalue weighted by molar-refractivity contribution is 6.31. The summed E-state index contributed by atoms with van der Waals surface area (Å²) in [7, 11) is 0. The molecule has 2 aromatic rings. The van der Waals surface area contributed by atoms with E-state index >= 15 is 0 Å². The number of anilines is 2. The second kappa shape index (κ2) is 11.9. The summed E-state index contributed by atoms with van der Waals surface area (Å²) in [5.74, 6) is -6.65. The first-order chi connectivity index (χ1) is 18.1. The fourth-order valence-corrected chi connectivity index (χ4v) is 4.26. The van der Waals surface area contributed by atoms with Crippen LogP contribution in [-0.4, -0.2) is 61.3 Å². The van der Waals surface area contributed by atoms with Crippen molar-refractivity contribution in [2.24, 2.45) is 0 Å². The fourth-order valence-electron chi connectivity index (χ4n) is 4.09. The maximum atomic E-state index is 14.7. The molecule has 2 amide bonds. The van der Waals surface area contributed by atoms with Crippen LogP contribution in [0.25, 0.3) is 0 Å². The van der Waals surface area contributed by atoms with Crippen LogP contribution in [0.2, 0.25) is 5.02 Å². The number of piperazine rings is 1. The Morgan fingerprint density at radius 2 is 1.72 bits per heavy atom. The van der Waals surface area contributed by atoms with Crippen LogP contribution >= 0.6 is 11.6 Å². The van der Waals surface area contributed by atoms with Crippen molar-refractivity contribution in [3.8, 4) is 0 Å². The summed E-state index contributed by atoms with van der Waals surface area (Å²) in [5.41, 5.74) is -0.775. The van der Waals surface area contributed by atoms with Crippen LogP contribution in [0.3, 0.4) is 0 Å². The minimum Gasteiger partial charge on any atom is -0.365 e. The van der Waals surface area contributed by atoms with E-state index in [1.165, 1.54) is 23.5 Å². The van der Waals surface area contributed by atoms with Crippen molar-refractivity contribution < 1.29 is 44.7 Å². The van der Waals surface area contributed by atoms with E-state index in [1.807, 2.05) is 4.90 Å². The molecule has 214 valence electrons. The number of alkyl halides is 6. The number of amides is 2. The van der Waals surface area contributed by atoms with Gasteiger partial charge in [-0.05, 0) is 31.2 Å². The zero-order valence-corrected chi connectivity index (χ0v) is 21.1. The Morgan fingerprint density at radius 1 is 1.03 bits per heavy atom. The van der Waals surface area contributed by atoms with E-state index in [2.05, 4.69) is 5.32 Å². The number of rotatable bonds is 7. The average Bonchev–Trinajstić information content (AvgIpc) is 2.83. The van der Waals surface area contributed by atoms with E-state index in [-0.39, 0.29) is 23.3 Å². The van der Waals surface area contributed by atoms with Crippen LogP contribution in [-0.2, 0) is 11.3 Å². The van der Waals surface area contributed by atoms with Crippen molar-refractivity contribution in [1.29, 1.82) is 0 Å². The molecule has 1 aliphatic heterocycles. The third kappa shape index (κ3) is 7.94. The molecule has 3 rings (SSSR count). The minimum absolute atomic E-state index is 0.165. The summed E-state index contributed by atoms with van der Waals surface area (Å²) >= 11 is 6.12. The topological polar surface area (TPSA) is 64.7 Å². The van der Waals surface area contributed by atoms with E-state index < -0.39 is 59.9 Å². The molecule has 0 aromatic heterocycles. The smallest absolute Gasteiger partial charge is 0.365 e. The van der Waals surface area contributed by atoms with Crippen LogP contribution in [0.5, 0.6) is 0 Å². The van der Waals surface area contributed by atoms with E-state index in [0.29, 0.717) is 25.3 Å². The first-order valence-corrected chi connectivity index (χ1v) is 11.9. The first kappa shape index (κ1) is 30.4. The molecule has 2 aromatic carbocycles. The second-order valence-corrected chi connectivity index (χ2v) is 9.34. The maximum absolute atomic E-state index is 14.7. The number of carbonyl (C=O) groups excluding carboxylic acids is 2. The van der Waals surface area contributed by atoms with E-state index in [0.717, 1.165) is 12.1 Å². The lowest BCUT2D eigenvalue weighted by Crippen LogP contribution is -2.52. The standard InChI is InChI=1S/C24H23ClF8N4O2/c1-13-12-36(7-6-23(28,29)30)8-9-37(13)18-10-15(25)3-5-17(18)35-21(38)16-4-2-14(19(26)20(16)27)11-34-22(39)24(31,32)33/h2-5,10,13H,6-9,11-12H2,1H3,(H,34,39)(H,35,38)/t13-/m1/s1. The number of nitrogens with one attached hydrogen (secondary N) is 2. The summed E-state index contributed by atoms with van der Waals surface area (Å²) in [6.07, 6.45) is -10.4. The molecule has 0 spiro atoms. The van der Waals surface area contributed by atoms with E-state index in [9.17, 15) is 44.7 Å². The predicted molar refractivity (Wildman–Crippen MR) is 128 cm³/mol. The Morgan fingerprint density at radius 3 is 2.33 bits per heavy atom.